The van der Waals surface area contributed by atoms with Gasteiger partial charge in [-0.05, 0) is 56.2 Å². The Bertz CT molecular complexity index is 1050. The molecule has 0 aromatic heterocycles. The molecule has 0 fully saturated rings. The van der Waals surface area contributed by atoms with E-state index in [1.165, 1.54) is 31.2 Å². The quantitative estimate of drug-likeness (QED) is 0.748. The Balaban J connectivity index is 1.82. The number of hydrogen-bond donors (Lipinski definition) is 1. The molecule has 8 nitrogen and oxygen atoms in total. The zero-order valence-electron chi connectivity index (χ0n) is 16.3. The Kier molecular flexibility index (Phi) is 5.78. The first-order valence-electron chi connectivity index (χ1n) is 9.12. The molecule has 1 unspecified atom stereocenters. The Morgan fingerprint density at radius 2 is 1.97 bits per heavy atom. The standard InChI is InChI=1S/C20H22N2O6S/c1-4-27-20(24)21-16-6-5-7-17(12-16)28-29(25,26)18-8-9-19-15(11-18)10-13(2)22(19)14(3)23/h5-9,11-13H,4,10H2,1-3H3,(H,21,24). The number of fused-ring (bicyclic) bond motifs is 1. The summed E-state index contributed by atoms with van der Waals surface area (Å²) in [5.74, 6) is -0.0347. The molecule has 0 spiro atoms. The average Bonchev–Trinajstić information content (AvgIpc) is 2.96. The van der Waals surface area contributed by atoms with Crippen LogP contribution in [0.5, 0.6) is 5.75 Å². The van der Waals surface area contributed by atoms with Gasteiger partial charge in [-0.25, -0.2) is 4.79 Å². The average molecular weight is 418 g/mol. The third kappa shape index (κ3) is 4.51. The van der Waals surface area contributed by atoms with Crippen molar-refractivity contribution in [1.29, 1.82) is 0 Å². The molecule has 0 saturated heterocycles. The van der Waals surface area contributed by atoms with Crippen molar-refractivity contribution in [3.8, 4) is 5.75 Å². The van der Waals surface area contributed by atoms with Gasteiger partial charge < -0.3 is 13.8 Å². The fourth-order valence-electron chi connectivity index (χ4n) is 3.33. The van der Waals surface area contributed by atoms with E-state index in [1.54, 1.807) is 30.0 Å². The number of ether oxygens (including phenoxy) is 1. The van der Waals surface area contributed by atoms with E-state index in [9.17, 15) is 18.0 Å². The van der Waals surface area contributed by atoms with Crippen molar-refractivity contribution < 1.29 is 26.9 Å². The second-order valence-electron chi connectivity index (χ2n) is 6.64. The van der Waals surface area contributed by atoms with Crippen LogP contribution in [0.1, 0.15) is 26.3 Å². The summed E-state index contributed by atoms with van der Waals surface area (Å²) in [6.07, 6.45) is -0.0766. The van der Waals surface area contributed by atoms with Crippen LogP contribution in [0, 0.1) is 0 Å². The van der Waals surface area contributed by atoms with Gasteiger partial charge in [0.2, 0.25) is 5.91 Å². The highest BCUT2D eigenvalue weighted by atomic mass is 32.2. The van der Waals surface area contributed by atoms with E-state index < -0.39 is 16.2 Å². The van der Waals surface area contributed by atoms with E-state index in [2.05, 4.69) is 5.32 Å². The first-order valence-corrected chi connectivity index (χ1v) is 10.5. The molecule has 0 aliphatic carbocycles. The summed E-state index contributed by atoms with van der Waals surface area (Å²) in [6.45, 7) is 5.29. The molecule has 1 aliphatic rings. The summed E-state index contributed by atoms with van der Waals surface area (Å²) < 4.78 is 35.5. The lowest BCUT2D eigenvalue weighted by Crippen LogP contribution is -2.33. The first kappa shape index (κ1) is 20.7. The van der Waals surface area contributed by atoms with Gasteiger partial charge in [0, 0.05) is 30.4 Å². The van der Waals surface area contributed by atoms with E-state index in [0.717, 1.165) is 5.56 Å². The lowest BCUT2D eigenvalue weighted by atomic mass is 10.1. The molecule has 154 valence electrons. The Hall–Kier alpha value is -3.07. The third-order valence-corrected chi connectivity index (χ3v) is 5.70. The molecule has 3 rings (SSSR count). The van der Waals surface area contributed by atoms with Crippen molar-refractivity contribution in [2.75, 3.05) is 16.8 Å². The lowest BCUT2D eigenvalue weighted by Gasteiger charge is -2.20. The van der Waals surface area contributed by atoms with Crippen LogP contribution in [0.4, 0.5) is 16.2 Å². The number of nitrogens with zero attached hydrogens (tertiary/aromatic N) is 1. The second-order valence-corrected chi connectivity index (χ2v) is 8.19. The van der Waals surface area contributed by atoms with Gasteiger partial charge in [-0.1, -0.05) is 6.07 Å². The van der Waals surface area contributed by atoms with Crippen molar-refractivity contribution in [2.24, 2.45) is 0 Å². The molecule has 0 saturated carbocycles. The predicted octanol–water partition coefficient (Wildman–Crippen LogP) is 3.32. The van der Waals surface area contributed by atoms with Crippen LogP contribution in [0.25, 0.3) is 0 Å². The van der Waals surface area contributed by atoms with E-state index in [4.69, 9.17) is 8.92 Å². The molecule has 2 aromatic carbocycles. The fourth-order valence-corrected chi connectivity index (χ4v) is 4.30. The van der Waals surface area contributed by atoms with Gasteiger partial charge in [0.05, 0.1) is 6.61 Å². The maximum Gasteiger partial charge on any atom is 0.411 e. The molecule has 9 heteroatoms. The topological polar surface area (TPSA) is 102 Å². The number of carbonyl (C=O) groups is 2. The van der Waals surface area contributed by atoms with Gasteiger partial charge >= 0.3 is 16.2 Å². The van der Waals surface area contributed by atoms with E-state index in [-0.39, 0.29) is 29.2 Å². The summed E-state index contributed by atoms with van der Waals surface area (Å²) in [5, 5.41) is 2.49. The lowest BCUT2D eigenvalue weighted by molar-refractivity contribution is -0.116. The van der Waals surface area contributed by atoms with Gasteiger partial charge in [0.15, 0.2) is 0 Å². The van der Waals surface area contributed by atoms with Crippen molar-refractivity contribution in [2.45, 2.75) is 38.1 Å². The maximum atomic E-state index is 12.7. The first-order chi connectivity index (χ1) is 13.7. The van der Waals surface area contributed by atoms with Gasteiger partial charge in [-0.3, -0.25) is 10.1 Å². The maximum absolute atomic E-state index is 12.7. The molecule has 0 radical (unpaired) electrons. The van der Waals surface area contributed by atoms with Gasteiger partial charge in [-0.15, -0.1) is 0 Å². The van der Waals surface area contributed by atoms with Crippen LogP contribution in [0.3, 0.4) is 0 Å². The molecule has 1 heterocycles. The zero-order valence-corrected chi connectivity index (χ0v) is 17.2. The van der Waals surface area contributed by atoms with Crippen LogP contribution in [0.2, 0.25) is 0 Å². The molecular weight excluding hydrogens is 396 g/mol. The van der Waals surface area contributed by atoms with E-state index in [1.807, 2.05) is 6.92 Å². The number of carbonyl (C=O) groups excluding carboxylic acids is 2. The minimum atomic E-state index is -4.09. The molecule has 0 bridgehead atoms. The van der Waals surface area contributed by atoms with Crippen LogP contribution >= 0.6 is 0 Å². The molecule has 2 amide bonds. The van der Waals surface area contributed by atoms with Crippen LogP contribution in [0.15, 0.2) is 47.4 Å². The molecule has 1 aliphatic heterocycles. The van der Waals surface area contributed by atoms with Crippen LogP contribution in [-0.4, -0.2) is 33.1 Å². The predicted molar refractivity (Wildman–Crippen MR) is 108 cm³/mol. The molecule has 1 N–H and O–H groups in total. The highest BCUT2D eigenvalue weighted by Crippen LogP contribution is 2.34. The normalized spacial score (nSPS) is 15.6. The second kappa shape index (κ2) is 8.12. The highest BCUT2D eigenvalue weighted by Gasteiger charge is 2.30. The summed E-state index contributed by atoms with van der Waals surface area (Å²) in [5.41, 5.74) is 1.83. The van der Waals surface area contributed by atoms with Gasteiger partial charge in [-0.2, -0.15) is 8.42 Å². The van der Waals surface area contributed by atoms with E-state index >= 15 is 0 Å². The number of anilines is 2. The van der Waals surface area contributed by atoms with E-state index in [0.29, 0.717) is 17.8 Å². The van der Waals surface area contributed by atoms with Crippen molar-refractivity contribution in [3.63, 3.8) is 0 Å². The van der Waals surface area contributed by atoms with Crippen molar-refractivity contribution in [3.05, 3.63) is 48.0 Å². The van der Waals surface area contributed by atoms with Gasteiger partial charge in [0.1, 0.15) is 10.6 Å². The van der Waals surface area contributed by atoms with Crippen molar-refractivity contribution in [1.82, 2.24) is 0 Å². The Morgan fingerprint density at radius 3 is 2.66 bits per heavy atom. The summed E-state index contributed by atoms with van der Waals surface area (Å²) in [6, 6.07) is 10.5. The Labute approximate surface area is 169 Å². The summed E-state index contributed by atoms with van der Waals surface area (Å²) in [7, 11) is -4.09. The monoisotopic (exact) mass is 418 g/mol. The fraction of sp³-hybridized carbons (Fsp3) is 0.300. The number of rotatable bonds is 5. The largest absolute Gasteiger partial charge is 0.450 e. The third-order valence-electron chi connectivity index (χ3n) is 4.46. The highest BCUT2D eigenvalue weighted by molar-refractivity contribution is 7.87. The zero-order chi connectivity index (χ0) is 21.2. The molecular formula is C20H22N2O6S. The van der Waals surface area contributed by atoms with Crippen molar-refractivity contribution >= 4 is 33.5 Å². The minimum Gasteiger partial charge on any atom is -0.450 e. The SMILES string of the molecule is CCOC(=O)Nc1cccc(OS(=O)(=O)c2ccc3c(c2)CC(C)N3C(C)=O)c1. The summed E-state index contributed by atoms with van der Waals surface area (Å²) in [4.78, 5) is 25.0. The minimum absolute atomic E-state index is 0.00222. The van der Waals surface area contributed by atoms with Gasteiger partial charge in [0.25, 0.3) is 0 Å². The number of hydrogen-bond acceptors (Lipinski definition) is 6. The molecule has 29 heavy (non-hydrogen) atoms. The summed E-state index contributed by atoms with van der Waals surface area (Å²) >= 11 is 0. The number of amides is 2. The number of nitrogens with one attached hydrogen (secondary N) is 1. The number of benzene rings is 2. The smallest absolute Gasteiger partial charge is 0.411 e. The van der Waals surface area contributed by atoms with Crippen LogP contribution < -0.4 is 14.4 Å². The molecule has 2 aromatic rings. The molecule has 1 atom stereocenters. The van der Waals surface area contributed by atoms with Crippen LogP contribution in [-0.2, 0) is 26.1 Å². The Morgan fingerprint density at radius 1 is 1.21 bits per heavy atom.